The van der Waals surface area contributed by atoms with Crippen molar-refractivity contribution in [3.05, 3.63) is 0 Å². The molecule has 4 N–H and O–H groups in total. The van der Waals surface area contributed by atoms with Gasteiger partial charge in [-0.05, 0) is 19.8 Å². The highest BCUT2D eigenvalue weighted by Crippen LogP contribution is 2.06. The third-order valence-electron chi connectivity index (χ3n) is 1.82. The lowest BCUT2D eigenvalue weighted by Gasteiger charge is -2.25. The SMILES string of the molecule is CC(C)[C@@H](O)[C@@H](O)CNC(C)(C)O. The average molecular weight is 191 g/mol. The molecule has 4 heteroatoms. The Balaban J connectivity index is 3.81. The van der Waals surface area contributed by atoms with E-state index >= 15 is 0 Å². The molecule has 0 spiro atoms. The molecular weight excluding hydrogens is 170 g/mol. The molecular formula is C9H21NO3. The van der Waals surface area contributed by atoms with Crippen LogP contribution in [0.2, 0.25) is 0 Å². The minimum Gasteiger partial charge on any atom is -0.390 e. The van der Waals surface area contributed by atoms with Crippen molar-refractivity contribution in [3.8, 4) is 0 Å². The van der Waals surface area contributed by atoms with Crippen LogP contribution in [0.5, 0.6) is 0 Å². The molecule has 0 aromatic heterocycles. The van der Waals surface area contributed by atoms with Crippen molar-refractivity contribution in [2.75, 3.05) is 6.54 Å². The molecule has 0 bridgehead atoms. The normalized spacial score (nSPS) is 17.5. The summed E-state index contributed by atoms with van der Waals surface area (Å²) >= 11 is 0. The smallest absolute Gasteiger partial charge is 0.110 e. The first-order chi connectivity index (χ1) is 5.74. The first-order valence-corrected chi connectivity index (χ1v) is 4.57. The molecule has 0 radical (unpaired) electrons. The molecule has 0 aliphatic carbocycles. The summed E-state index contributed by atoms with van der Waals surface area (Å²) in [6.45, 7) is 7.02. The van der Waals surface area contributed by atoms with Gasteiger partial charge in [0.15, 0.2) is 0 Å². The molecule has 0 aromatic rings. The van der Waals surface area contributed by atoms with Crippen LogP contribution in [0.1, 0.15) is 27.7 Å². The Kier molecular flexibility index (Phi) is 4.85. The number of nitrogens with one attached hydrogen (secondary N) is 1. The quantitative estimate of drug-likeness (QED) is 0.449. The molecule has 0 saturated heterocycles. The summed E-state index contributed by atoms with van der Waals surface area (Å²) in [4.78, 5) is 0. The monoisotopic (exact) mass is 191 g/mol. The Morgan fingerprint density at radius 3 is 2.00 bits per heavy atom. The average Bonchev–Trinajstić information content (AvgIpc) is 1.97. The number of aliphatic hydroxyl groups excluding tert-OH is 2. The largest absolute Gasteiger partial charge is 0.390 e. The maximum Gasteiger partial charge on any atom is 0.110 e. The summed E-state index contributed by atoms with van der Waals surface area (Å²) < 4.78 is 0. The summed E-state index contributed by atoms with van der Waals surface area (Å²) in [5.74, 6) is 0.0126. The molecule has 2 atom stereocenters. The van der Waals surface area contributed by atoms with Crippen molar-refractivity contribution in [2.45, 2.75) is 45.6 Å². The molecule has 13 heavy (non-hydrogen) atoms. The summed E-state index contributed by atoms with van der Waals surface area (Å²) in [5, 5.41) is 30.8. The first-order valence-electron chi connectivity index (χ1n) is 4.57. The molecule has 4 nitrogen and oxygen atoms in total. The van der Waals surface area contributed by atoms with Gasteiger partial charge in [0, 0.05) is 6.54 Å². The van der Waals surface area contributed by atoms with Gasteiger partial charge >= 0.3 is 0 Å². The molecule has 0 aliphatic rings. The third kappa shape index (κ3) is 5.99. The van der Waals surface area contributed by atoms with E-state index in [1.807, 2.05) is 13.8 Å². The molecule has 0 aliphatic heterocycles. The van der Waals surface area contributed by atoms with E-state index in [2.05, 4.69) is 5.32 Å². The Labute approximate surface area is 79.6 Å². The summed E-state index contributed by atoms with van der Waals surface area (Å²) in [6, 6.07) is 0. The van der Waals surface area contributed by atoms with Gasteiger partial charge in [-0.2, -0.15) is 0 Å². The molecule has 0 heterocycles. The van der Waals surface area contributed by atoms with Crippen LogP contribution in [-0.4, -0.2) is 39.8 Å². The van der Waals surface area contributed by atoms with Gasteiger partial charge in [0.25, 0.3) is 0 Å². The molecule has 0 saturated carbocycles. The van der Waals surface area contributed by atoms with Crippen molar-refractivity contribution in [3.63, 3.8) is 0 Å². The Morgan fingerprint density at radius 2 is 1.69 bits per heavy atom. The van der Waals surface area contributed by atoms with Crippen LogP contribution in [-0.2, 0) is 0 Å². The third-order valence-corrected chi connectivity index (χ3v) is 1.82. The lowest BCUT2D eigenvalue weighted by atomic mass is 10.0. The van der Waals surface area contributed by atoms with Gasteiger partial charge in [-0.1, -0.05) is 13.8 Å². The van der Waals surface area contributed by atoms with Crippen LogP contribution in [0.4, 0.5) is 0 Å². The van der Waals surface area contributed by atoms with Crippen LogP contribution in [0.25, 0.3) is 0 Å². The second-order valence-electron chi connectivity index (χ2n) is 4.24. The van der Waals surface area contributed by atoms with Crippen molar-refractivity contribution in [1.29, 1.82) is 0 Å². The van der Waals surface area contributed by atoms with Crippen molar-refractivity contribution in [2.24, 2.45) is 5.92 Å². The van der Waals surface area contributed by atoms with Crippen molar-refractivity contribution in [1.82, 2.24) is 5.32 Å². The number of hydrogen-bond acceptors (Lipinski definition) is 4. The van der Waals surface area contributed by atoms with E-state index in [4.69, 9.17) is 0 Å². The van der Waals surface area contributed by atoms with Crippen molar-refractivity contribution >= 4 is 0 Å². The van der Waals surface area contributed by atoms with Gasteiger partial charge < -0.3 is 15.3 Å². The maximum absolute atomic E-state index is 9.43. The summed E-state index contributed by atoms with van der Waals surface area (Å²) in [7, 11) is 0. The van der Waals surface area contributed by atoms with Crippen LogP contribution < -0.4 is 5.32 Å². The molecule has 0 aromatic carbocycles. The van der Waals surface area contributed by atoms with Gasteiger partial charge in [-0.25, -0.2) is 0 Å². The highest BCUT2D eigenvalue weighted by molar-refractivity contribution is 4.74. The van der Waals surface area contributed by atoms with E-state index < -0.39 is 17.9 Å². The van der Waals surface area contributed by atoms with Gasteiger partial charge in [-0.15, -0.1) is 0 Å². The highest BCUT2D eigenvalue weighted by atomic mass is 16.3. The van der Waals surface area contributed by atoms with Crippen LogP contribution in [0, 0.1) is 5.92 Å². The zero-order valence-corrected chi connectivity index (χ0v) is 8.78. The Morgan fingerprint density at radius 1 is 1.23 bits per heavy atom. The zero-order chi connectivity index (χ0) is 10.6. The number of aliphatic hydroxyl groups is 3. The topological polar surface area (TPSA) is 72.7 Å². The fourth-order valence-corrected chi connectivity index (χ4v) is 0.919. The van der Waals surface area contributed by atoms with E-state index in [0.717, 1.165) is 0 Å². The van der Waals surface area contributed by atoms with E-state index in [1.165, 1.54) is 0 Å². The number of hydrogen-bond donors (Lipinski definition) is 4. The lowest BCUT2D eigenvalue weighted by Crippen LogP contribution is -2.47. The fraction of sp³-hybridized carbons (Fsp3) is 1.00. The molecule has 0 unspecified atom stereocenters. The molecule has 0 amide bonds. The standard InChI is InChI=1S/C9H21NO3/c1-6(2)8(12)7(11)5-10-9(3,4)13/h6-8,10-13H,5H2,1-4H3/t7-,8+/m0/s1. The Bertz CT molecular complexity index is 142. The van der Waals surface area contributed by atoms with E-state index in [9.17, 15) is 15.3 Å². The predicted octanol–water partition coefficient (Wildman–Crippen LogP) is -0.318. The van der Waals surface area contributed by atoms with Crippen molar-refractivity contribution < 1.29 is 15.3 Å². The van der Waals surface area contributed by atoms with Gasteiger partial charge in [0.1, 0.15) is 5.72 Å². The highest BCUT2D eigenvalue weighted by Gasteiger charge is 2.21. The molecule has 0 fully saturated rings. The number of rotatable bonds is 5. The van der Waals surface area contributed by atoms with E-state index in [0.29, 0.717) is 0 Å². The maximum atomic E-state index is 9.43. The van der Waals surface area contributed by atoms with Crippen LogP contribution in [0.3, 0.4) is 0 Å². The van der Waals surface area contributed by atoms with Crippen LogP contribution in [0.15, 0.2) is 0 Å². The van der Waals surface area contributed by atoms with Gasteiger partial charge in [-0.3, -0.25) is 5.32 Å². The zero-order valence-electron chi connectivity index (χ0n) is 8.78. The summed E-state index contributed by atoms with van der Waals surface area (Å²) in [6.07, 6.45) is -1.60. The van der Waals surface area contributed by atoms with Gasteiger partial charge in [0.2, 0.25) is 0 Å². The Hall–Kier alpha value is -0.160. The second-order valence-corrected chi connectivity index (χ2v) is 4.24. The first kappa shape index (κ1) is 12.8. The van der Waals surface area contributed by atoms with Crippen LogP contribution >= 0.6 is 0 Å². The lowest BCUT2D eigenvalue weighted by molar-refractivity contribution is -0.0284. The van der Waals surface area contributed by atoms with E-state index in [-0.39, 0.29) is 12.5 Å². The fourth-order valence-electron chi connectivity index (χ4n) is 0.919. The predicted molar refractivity (Wildman–Crippen MR) is 51.2 cm³/mol. The molecule has 80 valence electrons. The molecule has 0 rings (SSSR count). The van der Waals surface area contributed by atoms with Gasteiger partial charge in [0.05, 0.1) is 12.2 Å². The summed E-state index contributed by atoms with van der Waals surface area (Å²) in [5.41, 5.74) is -1.02. The van der Waals surface area contributed by atoms with E-state index in [1.54, 1.807) is 13.8 Å². The minimum atomic E-state index is -1.02. The minimum absolute atomic E-state index is 0.0126. The second kappa shape index (κ2) is 4.91.